The van der Waals surface area contributed by atoms with Gasteiger partial charge in [0.1, 0.15) is 0 Å². The molecule has 0 saturated carbocycles. The van der Waals surface area contributed by atoms with E-state index in [1.165, 1.54) is 0 Å². The van der Waals surface area contributed by atoms with Crippen LogP contribution in [0.15, 0.2) is 17.5 Å². The monoisotopic (exact) mass is 196 g/mol. The summed E-state index contributed by atoms with van der Waals surface area (Å²) in [5, 5.41) is 2.16. The zero-order valence-electron chi connectivity index (χ0n) is 6.55. The van der Waals surface area contributed by atoms with Gasteiger partial charge >= 0.3 is 60.7 Å². The van der Waals surface area contributed by atoms with Gasteiger partial charge in [-0.1, -0.05) is 0 Å². The van der Waals surface area contributed by atoms with Crippen LogP contribution in [0.3, 0.4) is 0 Å². The molecule has 0 saturated heterocycles. The number of thiophene rings is 1. The summed E-state index contributed by atoms with van der Waals surface area (Å²) in [6, 6.07) is 4.38. The van der Waals surface area contributed by atoms with Crippen molar-refractivity contribution < 1.29 is 0 Å². The second-order valence-corrected chi connectivity index (χ2v) is 9.58. The molecule has 0 bridgehead atoms. The predicted octanol–water partition coefficient (Wildman–Crippen LogP) is 2.43. The molecule has 10 heavy (non-hydrogen) atoms. The molecule has 0 atom stereocenters. The standard InChI is InChI=1S/C7H13PS.ClH/c1-8(2,3)7-5-4-6-9-7;/h4-6,8H,1-3H3;1H. The van der Waals surface area contributed by atoms with E-state index in [9.17, 15) is 0 Å². The molecule has 60 valence electrons. The summed E-state index contributed by atoms with van der Waals surface area (Å²) in [5.74, 6) is 0. The molecule has 0 spiro atoms. The Balaban J connectivity index is 0.000000810. The second kappa shape index (κ2) is 3.71. The van der Waals surface area contributed by atoms with E-state index in [2.05, 4.69) is 37.5 Å². The van der Waals surface area contributed by atoms with Gasteiger partial charge in [0, 0.05) is 0 Å². The van der Waals surface area contributed by atoms with E-state index in [0.717, 1.165) is 0 Å². The fourth-order valence-corrected chi connectivity index (χ4v) is 3.38. The van der Waals surface area contributed by atoms with Crippen LogP contribution < -0.4 is 4.62 Å². The Morgan fingerprint density at radius 3 is 2.10 bits per heavy atom. The molecule has 0 nitrogen and oxygen atoms in total. The maximum Gasteiger partial charge on any atom is -0.147 e. The topological polar surface area (TPSA) is 0 Å². The molecule has 3 heteroatoms. The molecule has 0 aliphatic heterocycles. The van der Waals surface area contributed by atoms with E-state index < -0.39 is 7.26 Å². The van der Waals surface area contributed by atoms with Crippen LogP contribution in [0.4, 0.5) is 0 Å². The normalized spacial score (nSPS) is 12.3. The van der Waals surface area contributed by atoms with E-state index in [0.29, 0.717) is 0 Å². The second-order valence-electron chi connectivity index (χ2n) is 3.23. The zero-order chi connectivity index (χ0) is 6.91. The first-order valence-electron chi connectivity index (χ1n) is 3.15. The van der Waals surface area contributed by atoms with E-state index in [-0.39, 0.29) is 12.4 Å². The average Bonchev–Trinajstić information content (AvgIpc) is 2.08. The summed E-state index contributed by atoms with van der Waals surface area (Å²) < 4.78 is 1.60. The van der Waals surface area contributed by atoms with Crippen LogP contribution in [-0.2, 0) is 0 Å². The molecular weight excluding hydrogens is 183 g/mol. The molecular formula is C7H14ClPS. The molecule has 1 aromatic heterocycles. The fourth-order valence-electron chi connectivity index (χ4n) is 0.705. The van der Waals surface area contributed by atoms with Crippen molar-refractivity contribution >= 4 is 35.6 Å². The van der Waals surface area contributed by atoms with Gasteiger partial charge in [0.2, 0.25) is 0 Å². The number of rotatable bonds is 1. The Morgan fingerprint density at radius 1 is 1.30 bits per heavy atom. The quantitative estimate of drug-likeness (QED) is 0.606. The van der Waals surface area contributed by atoms with Crippen molar-refractivity contribution in [1.82, 2.24) is 0 Å². The molecule has 0 amide bonds. The van der Waals surface area contributed by atoms with E-state index in [1.54, 1.807) is 4.62 Å². The van der Waals surface area contributed by atoms with Crippen molar-refractivity contribution in [3.05, 3.63) is 17.5 Å². The zero-order valence-corrected chi connectivity index (χ0v) is 9.18. The molecule has 0 aliphatic carbocycles. The van der Waals surface area contributed by atoms with E-state index >= 15 is 0 Å². The van der Waals surface area contributed by atoms with Gasteiger partial charge in [-0.3, -0.25) is 0 Å². The van der Waals surface area contributed by atoms with Crippen LogP contribution >= 0.6 is 31.0 Å². The van der Waals surface area contributed by atoms with E-state index in [4.69, 9.17) is 0 Å². The predicted molar refractivity (Wildman–Crippen MR) is 57.3 cm³/mol. The Morgan fingerprint density at radius 2 is 1.90 bits per heavy atom. The molecule has 1 heterocycles. The van der Waals surface area contributed by atoms with Gasteiger partial charge in [0.05, 0.1) is 0 Å². The van der Waals surface area contributed by atoms with Gasteiger partial charge in [-0.2, -0.15) is 0 Å². The first kappa shape index (κ1) is 10.4. The van der Waals surface area contributed by atoms with Crippen LogP contribution in [0.25, 0.3) is 0 Å². The van der Waals surface area contributed by atoms with Crippen molar-refractivity contribution in [2.45, 2.75) is 0 Å². The SMILES string of the molecule is C[PH](C)(C)c1cccs1.Cl. The maximum absolute atomic E-state index is 2.37. The summed E-state index contributed by atoms with van der Waals surface area (Å²) in [6.45, 7) is 7.12. The summed E-state index contributed by atoms with van der Waals surface area (Å²) in [6.07, 6.45) is 0. The third-order valence-corrected chi connectivity index (χ3v) is 5.78. The summed E-state index contributed by atoms with van der Waals surface area (Å²) in [4.78, 5) is 0. The van der Waals surface area contributed by atoms with Crippen molar-refractivity contribution in [1.29, 1.82) is 0 Å². The Kier molecular flexibility index (Phi) is 3.86. The van der Waals surface area contributed by atoms with E-state index in [1.807, 2.05) is 11.3 Å². The third kappa shape index (κ3) is 2.57. The number of hydrogen-bond donors (Lipinski definition) is 0. The Hall–Kier alpha value is 0.420. The molecule has 0 unspecified atom stereocenters. The van der Waals surface area contributed by atoms with Crippen LogP contribution in [0.2, 0.25) is 0 Å². The number of hydrogen-bond acceptors (Lipinski definition) is 1. The molecule has 1 aromatic rings. The summed E-state index contributed by atoms with van der Waals surface area (Å²) in [5.41, 5.74) is 0. The third-order valence-electron chi connectivity index (χ3n) is 1.26. The van der Waals surface area contributed by atoms with Crippen molar-refractivity contribution in [3.63, 3.8) is 0 Å². The van der Waals surface area contributed by atoms with Crippen molar-refractivity contribution in [3.8, 4) is 0 Å². The van der Waals surface area contributed by atoms with Crippen molar-refractivity contribution in [2.24, 2.45) is 0 Å². The smallest absolute Gasteiger partial charge is 0.147 e. The average molecular weight is 197 g/mol. The van der Waals surface area contributed by atoms with Crippen LogP contribution in [-0.4, -0.2) is 20.0 Å². The summed E-state index contributed by atoms with van der Waals surface area (Å²) in [7, 11) is -0.963. The molecule has 0 N–H and O–H groups in total. The fraction of sp³-hybridized carbons (Fsp3) is 0.429. The van der Waals surface area contributed by atoms with Crippen LogP contribution in [0.5, 0.6) is 0 Å². The largest absolute Gasteiger partial charge is 0.147 e. The van der Waals surface area contributed by atoms with Gasteiger partial charge in [0.25, 0.3) is 0 Å². The van der Waals surface area contributed by atoms with Gasteiger partial charge in [-0.05, 0) is 0 Å². The number of halogens is 1. The summed E-state index contributed by atoms with van der Waals surface area (Å²) >= 11 is 1.89. The minimum atomic E-state index is -0.963. The molecule has 0 fully saturated rings. The maximum atomic E-state index is 2.37. The van der Waals surface area contributed by atoms with Gasteiger partial charge in [-0.25, -0.2) is 0 Å². The molecule has 0 aliphatic rings. The van der Waals surface area contributed by atoms with Gasteiger partial charge in [0.15, 0.2) is 0 Å². The molecule has 0 aromatic carbocycles. The Labute approximate surface area is 73.4 Å². The Bertz CT molecular complexity index is 176. The van der Waals surface area contributed by atoms with Crippen LogP contribution in [0.1, 0.15) is 0 Å². The molecule has 0 radical (unpaired) electrons. The first-order chi connectivity index (χ1) is 4.11. The van der Waals surface area contributed by atoms with Gasteiger partial charge < -0.3 is 0 Å². The first-order valence-corrected chi connectivity index (χ1v) is 7.52. The minimum Gasteiger partial charge on any atom is -0.147 e. The molecule has 1 rings (SSSR count). The van der Waals surface area contributed by atoms with Crippen LogP contribution in [0, 0.1) is 0 Å². The van der Waals surface area contributed by atoms with Crippen molar-refractivity contribution in [2.75, 3.05) is 20.0 Å². The minimum absolute atomic E-state index is 0. The van der Waals surface area contributed by atoms with Gasteiger partial charge in [-0.15, -0.1) is 12.4 Å².